The van der Waals surface area contributed by atoms with Crippen LogP contribution in [0.1, 0.15) is 12.8 Å². The maximum atomic E-state index is 10.3. The Morgan fingerprint density at radius 1 is 0.947 bits per heavy atom. The van der Waals surface area contributed by atoms with E-state index in [4.69, 9.17) is 39.7 Å². The van der Waals surface area contributed by atoms with E-state index in [-0.39, 0.29) is 17.1 Å². The largest absolute Gasteiger partial charge is 3.00 e. The second kappa shape index (κ2) is 8.99. The summed E-state index contributed by atoms with van der Waals surface area (Å²) in [5.74, 6) is -5.02. The first-order valence-corrected chi connectivity index (χ1v) is 5.36. The van der Waals surface area contributed by atoms with Gasteiger partial charge in [-0.3, -0.25) is 9.59 Å². The zero-order valence-corrected chi connectivity index (χ0v) is 10.9. The summed E-state index contributed by atoms with van der Waals surface area (Å²) < 4.78 is 8.55. The average Bonchev–Trinajstić information content (AvgIpc) is 1.95. The molecule has 11 nitrogen and oxygen atoms in total. The van der Waals surface area contributed by atoms with Gasteiger partial charge >= 0.3 is 35.0 Å². The first-order chi connectivity index (χ1) is 7.78. The van der Waals surface area contributed by atoms with Gasteiger partial charge in [0.2, 0.25) is 0 Å². The number of hydrogen-bond donors (Lipinski definition) is 4. The number of aliphatic carboxylic acids is 3. The van der Waals surface area contributed by atoms with Gasteiger partial charge < -0.3 is 39.7 Å². The number of carboxylic acid groups (broad SMARTS) is 3. The van der Waals surface area contributed by atoms with Crippen LogP contribution < -0.4 is 14.7 Å². The first-order valence-electron chi connectivity index (χ1n) is 3.90. The second-order valence-corrected chi connectivity index (χ2v) is 3.82. The fourth-order valence-corrected chi connectivity index (χ4v) is 0.714. The zero-order valence-electron chi connectivity index (χ0n) is 8.86. The summed E-state index contributed by atoms with van der Waals surface area (Å²) in [5, 5.41) is 33.8. The van der Waals surface area contributed by atoms with Gasteiger partial charge in [-0.1, -0.05) is 0 Å². The molecule has 0 aliphatic heterocycles. The SMILES string of the molecule is O=C(O)CC(O)(CC(=O)O)C(=O)O.O=P([O-])([O-])[O-].[Fe+3]. The molecule has 0 saturated heterocycles. The molecule has 0 saturated carbocycles. The van der Waals surface area contributed by atoms with Gasteiger partial charge in [-0.05, 0) is 0 Å². The Kier molecular flexibility index (Phi) is 10.9. The van der Waals surface area contributed by atoms with Crippen LogP contribution in [0.25, 0.3) is 0 Å². The summed E-state index contributed by atoms with van der Waals surface area (Å²) in [7, 11) is -5.39. The molecular weight excluding hydrogens is 335 g/mol. The van der Waals surface area contributed by atoms with Gasteiger partial charge in [-0.25, -0.2) is 4.79 Å². The molecule has 13 heteroatoms. The molecule has 0 aromatic carbocycles. The normalized spacial score (nSPS) is 10.5. The van der Waals surface area contributed by atoms with Crippen LogP contribution in [0.3, 0.4) is 0 Å². The molecule has 19 heavy (non-hydrogen) atoms. The summed E-state index contributed by atoms with van der Waals surface area (Å²) in [4.78, 5) is 56.1. The van der Waals surface area contributed by atoms with Crippen LogP contribution >= 0.6 is 7.82 Å². The fourth-order valence-electron chi connectivity index (χ4n) is 0.714. The molecule has 0 aliphatic rings. The number of aliphatic hydroxyl groups is 1. The van der Waals surface area contributed by atoms with E-state index in [1.54, 1.807) is 0 Å². The number of phosphoric acid groups is 1. The summed E-state index contributed by atoms with van der Waals surface area (Å²) >= 11 is 0. The number of carboxylic acids is 3. The van der Waals surface area contributed by atoms with Gasteiger partial charge in [-0.15, -0.1) is 0 Å². The van der Waals surface area contributed by atoms with Crippen molar-refractivity contribution in [2.24, 2.45) is 0 Å². The molecule has 0 unspecified atom stereocenters. The molecule has 0 aromatic heterocycles. The van der Waals surface area contributed by atoms with Crippen LogP contribution in [0.2, 0.25) is 0 Å². The van der Waals surface area contributed by atoms with Crippen LogP contribution in [0, 0.1) is 0 Å². The van der Waals surface area contributed by atoms with E-state index in [1.165, 1.54) is 0 Å². The van der Waals surface area contributed by atoms with Gasteiger partial charge in [0, 0.05) is 0 Å². The van der Waals surface area contributed by atoms with E-state index in [9.17, 15) is 14.4 Å². The summed E-state index contributed by atoms with van der Waals surface area (Å²) in [6, 6.07) is 0. The van der Waals surface area contributed by atoms with Crippen LogP contribution in [0.4, 0.5) is 0 Å². The van der Waals surface area contributed by atoms with E-state index in [1.807, 2.05) is 0 Å². The molecule has 0 aromatic rings. The molecule has 0 heterocycles. The summed E-state index contributed by atoms with van der Waals surface area (Å²) in [6.07, 6.45) is -2.29. The van der Waals surface area contributed by atoms with Crippen molar-refractivity contribution in [3.63, 3.8) is 0 Å². The second-order valence-electron chi connectivity index (χ2n) is 2.92. The number of rotatable bonds is 5. The Labute approximate surface area is 116 Å². The van der Waals surface area contributed by atoms with Crippen molar-refractivity contribution in [1.82, 2.24) is 0 Å². The van der Waals surface area contributed by atoms with Crippen LogP contribution in [-0.4, -0.2) is 43.9 Å². The van der Waals surface area contributed by atoms with E-state index >= 15 is 0 Å². The Morgan fingerprint density at radius 3 is 1.26 bits per heavy atom. The minimum absolute atomic E-state index is 0. The quantitative estimate of drug-likeness (QED) is 0.278. The summed E-state index contributed by atoms with van der Waals surface area (Å²) in [6.45, 7) is 0. The van der Waals surface area contributed by atoms with Crippen molar-refractivity contribution in [1.29, 1.82) is 0 Å². The smallest absolute Gasteiger partial charge is 0.822 e. The molecule has 0 fully saturated rings. The Morgan fingerprint density at radius 2 is 1.16 bits per heavy atom. The van der Waals surface area contributed by atoms with Crippen LogP contribution in [0.15, 0.2) is 0 Å². The third kappa shape index (κ3) is 17.0. The predicted molar refractivity (Wildman–Crippen MR) is 44.7 cm³/mol. The van der Waals surface area contributed by atoms with E-state index in [0.717, 1.165) is 0 Å². The van der Waals surface area contributed by atoms with Gasteiger partial charge in [0.1, 0.15) is 0 Å². The molecule has 0 amide bonds. The van der Waals surface area contributed by atoms with Crippen LogP contribution in [-0.2, 0) is 36.0 Å². The Balaban J connectivity index is -0.000000366. The van der Waals surface area contributed by atoms with Gasteiger partial charge in [-0.2, -0.15) is 7.82 Å². The van der Waals surface area contributed by atoms with Crippen molar-refractivity contribution in [2.75, 3.05) is 0 Å². The van der Waals surface area contributed by atoms with Gasteiger partial charge in [0.25, 0.3) is 0 Å². The van der Waals surface area contributed by atoms with Crippen molar-refractivity contribution in [3.8, 4) is 0 Å². The third-order valence-electron chi connectivity index (χ3n) is 1.29. The topological polar surface area (TPSA) is 218 Å². The van der Waals surface area contributed by atoms with Gasteiger partial charge in [0.05, 0.1) is 12.8 Å². The molecule has 0 rings (SSSR count). The van der Waals surface area contributed by atoms with E-state index in [0.29, 0.717) is 0 Å². The maximum Gasteiger partial charge on any atom is 3.00 e. The van der Waals surface area contributed by atoms with Crippen molar-refractivity contribution in [2.45, 2.75) is 18.4 Å². The van der Waals surface area contributed by atoms with Crippen molar-refractivity contribution < 1.29 is 71.1 Å². The summed E-state index contributed by atoms with van der Waals surface area (Å²) in [5.41, 5.74) is -2.74. The first kappa shape index (κ1) is 23.1. The van der Waals surface area contributed by atoms with Gasteiger partial charge in [0.15, 0.2) is 5.60 Å². The Bertz CT molecular complexity index is 349. The minimum Gasteiger partial charge on any atom is -0.822 e. The molecule has 0 aliphatic carbocycles. The molecule has 4 N–H and O–H groups in total. The maximum absolute atomic E-state index is 10.3. The zero-order chi connectivity index (χ0) is 15.1. The van der Waals surface area contributed by atoms with Crippen molar-refractivity contribution in [3.05, 3.63) is 0 Å². The van der Waals surface area contributed by atoms with E-state index in [2.05, 4.69) is 0 Å². The van der Waals surface area contributed by atoms with Crippen molar-refractivity contribution >= 4 is 25.7 Å². The number of hydrogen-bond acceptors (Lipinski definition) is 8. The standard InChI is InChI=1S/C6H8O7.Fe.H3O4P/c7-3(8)1-6(13,5(11)12)2-4(9)10;;1-5(2,3)4/h13H,1-2H2,(H,7,8)(H,9,10)(H,11,12);;(H3,1,2,3,4)/q;+3;/p-3. The third-order valence-corrected chi connectivity index (χ3v) is 1.29. The Hall–Kier alpha value is -1.00. The average molecular weight is 343 g/mol. The molecule has 0 bridgehead atoms. The monoisotopic (exact) mass is 343 g/mol. The molecule has 1 radical (unpaired) electrons. The molecule has 111 valence electrons. The van der Waals surface area contributed by atoms with E-state index < -0.39 is 44.2 Å². The van der Waals surface area contributed by atoms with Crippen LogP contribution in [0.5, 0.6) is 0 Å². The molecular formula is C6H8FeO11P. The molecule has 0 spiro atoms. The fraction of sp³-hybridized carbons (Fsp3) is 0.500. The minimum atomic E-state index is -5.39. The molecule has 0 atom stereocenters. The number of carbonyl (C=O) groups is 3. The predicted octanol–water partition coefficient (Wildman–Crippen LogP) is -4.08.